The second kappa shape index (κ2) is 6.09. The molecule has 0 aliphatic rings. The van der Waals surface area contributed by atoms with Gasteiger partial charge in [0.15, 0.2) is 0 Å². The van der Waals surface area contributed by atoms with Crippen LogP contribution >= 0.6 is 15.9 Å². The van der Waals surface area contributed by atoms with E-state index >= 15 is 0 Å². The maximum absolute atomic E-state index is 10.8. The molecule has 4 heteroatoms. The zero-order chi connectivity index (χ0) is 14.7. The normalized spacial score (nSPS) is 10.3. The fraction of sp³-hybridized carbons (Fsp3) is 0.188. The van der Waals surface area contributed by atoms with Crippen LogP contribution in [0.15, 0.2) is 40.9 Å². The van der Waals surface area contributed by atoms with E-state index in [4.69, 9.17) is 5.11 Å². The fourth-order valence-corrected chi connectivity index (χ4v) is 2.25. The minimum absolute atomic E-state index is 0.309. The molecule has 104 valence electrons. The van der Waals surface area contributed by atoms with E-state index in [0.717, 1.165) is 15.7 Å². The summed E-state index contributed by atoms with van der Waals surface area (Å²) >= 11 is 3.55. The molecule has 0 saturated carbocycles. The highest BCUT2D eigenvalue weighted by Gasteiger charge is 2.04. The molecule has 0 aliphatic carbocycles. The molecule has 0 amide bonds. The highest BCUT2D eigenvalue weighted by Crippen LogP contribution is 2.25. The molecule has 0 atom stereocenters. The van der Waals surface area contributed by atoms with Gasteiger partial charge in [0.2, 0.25) is 0 Å². The molecule has 0 unspecified atom stereocenters. The third kappa shape index (κ3) is 3.39. The van der Waals surface area contributed by atoms with E-state index in [-0.39, 0.29) is 0 Å². The van der Waals surface area contributed by atoms with Crippen molar-refractivity contribution >= 4 is 27.6 Å². The Bertz CT molecular complexity index is 612. The van der Waals surface area contributed by atoms with E-state index in [1.807, 2.05) is 12.1 Å². The Morgan fingerprint density at radius 2 is 1.70 bits per heavy atom. The lowest BCUT2D eigenvalue weighted by Crippen LogP contribution is -2.02. The number of hydrogen-bond donors (Lipinski definition) is 2. The maximum Gasteiger partial charge on any atom is 0.335 e. The molecule has 0 saturated heterocycles. The number of carboxylic acids is 1. The van der Waals surface area contributed by atoms with E-state index in [1.165, 1.54) is 11.1 Å². The van der Waals surface area contributed by atoms with Crippen molar-refractivity contribution in [2.45, 2.75) is 20.4 Å². The van der Waals surface area contributed by atoms with Crippen molar-refractivity contribution in [3.63, 3.8) is 0 Å². The van der Waals surface area contributed by atoms with E-state index in [2.05, 4.69) is 47.2 Å². The van der Waals surface area contributed by atoms with E-state index < -0.39 is 5.97 Å². The van der Waals surface area contributed by atoms with Crippen LogP contribution in [-0.4, -0.2) is 11.1 Å². The van der Waals surface area contributed by atoms with Crippen LogP contribution in [0.5, 0.6) is 0 Å². The predicted octanol–water partition coefficient (Wildman–Crippen LogP) is 4.38. The summed E-state index contributed by atoms with van der Waals surface area (Å²) in [7, 11) is 0. The van der Waals surface area contributed by atoms with Crippen molar-refractivity contribution in [2.24, 2.45) is 0 Å². The van der Waals surface area contributed by atoms with Crippen LogP contribution < -0.4 is 5.32 Å². The lowest BCUT2D eigenvalue weighted by atomic mass is 10.1. The van der Waals surface area contributed by atoms with Crippen LogP contribution in [0.3, 0.4) is 0 Å². The third-order valence-corrected chi connectivity index (χ3v) is 4.38. The molecule has 0 bridgehead atoms. The molecule has 2 N–H and O–H groups in total. The summed E-state index contributed by atoms with van der Waals surface area (Å²) in [5, 5.41) is 12.2. The molecule has 2 aromatic rings. The first-order valence-corrected chi connectivity index (χ1v) is 7.09. The van der Waals surface area contributed by atoms with Crippen molar-refractivity contribution in [3.05, 3.63) is 63.1 Å². The summed E-state index contributed by atoms with van der Waals surface area (Å²) in [6.45, 7) is 4.79. The van der Waals surface area contributed by atoms with Gasteiger partial charge in [-0.2, -0.15) is 0 Å². The Balaban J connectivity index is 2.07. The summed E-state index contributed by atoms with van der Waals surface area (Å²) in [4.78, 5) is 10.8. The summed E-state index contributed by atoms with van der Waals surface area (Å²) in [5.41, 5.74) is 4.80. The van der Waals surface area contributed by atoms with Gasteiger partial charge in [0.05, 0.1) is 5.56 Å². The minimum Gasteiger partial charge on any atom is -0.478 e. The zero-order valence-electron chi connectivity index (χ0n) is 11.4. The predicted molar refractivity (Wildman–Crippen MR) is 84.3 cm³/mol. The number of hydrogen-bond acceptors (Lipinski definition) is 2. The first kappa shape index (κ1) is 14.6. The first-order chi connectivity index (χ1) is 9.47. The molecule has 2 aromatic carbocycles. The Morgan fingerprint density at radius 1 is 1.15 bits per heavy atom. The summed E-state index contributed by atoms with van der Waals surface area (Å²) < 4.78 is 1.13. The number of nitrogens with one attached hydrogen (secondary N) is 1. The maximum atomic E-state index is 10.8. The number of carbonyl (C=O) groups is 1. The Labute approximate surface area is 126 Å². The van der Waals surface area contributed by atoms with Gasteiger partial charge in [0, 0.05) is 16.7 Å². The van der Waals surface area contributed by atoms with Gasteiger partial charge in [-0.15, -0.1) is 0 Å². The Kier molecular flexibility index (Phi) is 4.45. The number of halogens is 1. The van der Waals surface area contributed by atoms with Gasteiger partial charge < -0.3 is 10.4 Å². The number of rotatable bonds is 4. The molecule has 0 fully saturated rings. The Morgan fingerprint density at radius 3 is 2.20 bits per heavy atom. The van der Waals surface area contributed by atoms with Gasteiger partial charge in [0.1, 0.15) is 0 Å². The van der Waals surface area contributed by atoms with Gasteiger partial charge in [-0.3, -0.25) is 0 Å². The van der Waals surface area contributed by atoms with Crippen molar-refractivity contribution in [2.75, 3.05) is 5.32 Å². The largest absolute Gasteiger partial charge is 0.478 e. The molecule has 0 radical (unpaired) electrons. The highest BCUT2D eigenvalue weighted by molar-refractivity contribution is 9.10. The first-order valence-electron chi connectivity index (χ1n) is 6.30. The average molecular weight is 334 g/mol. The Hall–Kier alpha value is -1.81. The molecular formula is C16H16BrNO2. The number of anilines is 1. The lowest BCUT2D eigenvalue weighted by Gasteiger charge is -2.11. The van der Waals surface area contributed by atoms with E-state index in [0.29, 0.717) is 12.1 Å². The van der Waals surface area contributed by atoms with Crippen molar-refractivity contribution in [1.29, 1.82) is 0 Å². The number of aromatic carboxylic acids is 1. The van der Waals surface area contributed by atoms with Gasteiger partial charge in [0.25, 0.3) is 0 Å². The van der Waals surface area contributed by atoms with Gasteiger partial charge in [-0.25, -0.2) is 4.79 Å². The smallest absolute Gasteiger partial charge is 0.335 e. The summed E-state index contributed by atoms with van der Waals surface area (Å²) in [6.07, 6.45) is 0. The van der Waals surface area contributed by atoms with Crippen LogP contribution in [0.25, 0.3) is 0 Å². The minimum atomic E-state index is -0.899. The van der Waals surface area contributed by atoms with E-state index in [1.54, 1.807) is 12.1 Å². The van der Waals surface area contributed by atoms with Gasteiger partial charge in [-0.05, 0) is 54.8 Å². The van der Waals surface area contributed by atoms with Crippen LogP contribution in [0, 0.1) is 13.8 Å². The molecule has 2 rings (SSSR count). The third-order valence-electron chi connectivity index (χ3n) is 3.13. The van der Waals surface area contributed by atoms with Crippen molar-refractivity contribution in [1.82, 2.24) is 0 Å². The molecule has 0 heterocycles. The standard InChI is InChI=1S/C16H16BrNO2/c1-10-7-14(8-11(2)15(10)17)18-9-12-3-5-13(6-4-12)16(19)20/h3-8,18H,9H2,1-2H3,(H,19,20). The van der Waals surface area contributed by atoms with Crippen LogP contribution in [0.1, 0.15) is 27.0 Å². The monoisotopic (exact) mass is 333 g/mol. The summed E-state index contributed by atoms with van der Waals surface area (Å²) in [6, 6.07) is 11.1. The van der Waals surface area contributed by atoms with Crippen molar-refractivity contribution < 1.29 is 9.90 Å². The highest BCUT2D eigenvalue weighted by atomic mass is 79.9. The topological polar surface area (TPSA) is 49.3 Å². The lowest BCUT2D eigenvalue weighted by molar-refractivity contribution is 0.0697. The molecule has 20 heavy (non-hydrogen) atoms. The molecule has 3 nitrogen and oxygen atoms in total. The van der Waals surface area contributed by atoms with Gasteiger partial charge >= 0.3 is 5.97 Å². The zero-order valence-corrected chi connectivity index (χ0v) is 13.0. The average Bonchev–Trinajstić information content (AvgIpc) is 2.42. The number of carboxylic acid groups (broad SMARTS) is 1. The molecular weight excluding hydrogens is 318 g/mol. The van der Waals surface area contributed by atoms with Crippen LogP contribution in [-0.2, 0) is 6.54 Å². The molecule has 0 aliphatic heterocycles. The second-order valence-corrected chi connectivity index (χ2v) is 5.57. The SMILES string of the molecule is Cc1cc(NCc2ccc(C(=O)O)cc2)cc(C)c1Br. The number of benzene rings is 2. The fourth-order valence-electron chi connectivity index (χ4n) is 2.02. The van der Waals surface area contributed by atoms with E-state index in [9.17, 15) is 4.79 Å². The molecule has 0 aromatic heterocycles. The van der Waals surface area contributed by atoms with Crippen molar-refractivity contribution in [3.8, 4) is 0 Å². The number of aryl methyl sites for hydroxylation is 2. The van der Waals surface area contributed by atoms with Crippen LogP contribution in [0.2, 0.25) is 0 Å². The van der Waals surface area contributed by atoms with Crippen LogP contribution in [0.4, 0.5) is 5.69 Å². The second-order valence-electron chi connectivity index (χ2n) is 4.78. The summed E-state index contributed by atoms with van der Waals surface area (Å²) in [5.74, 6) is -0.899. The molecule has 0 spiro atoms. The quantitative estimate of drug-likeness (QED) is 0.873. The van der Waals surface area contributed by atoms with Gasteiger partial charge in [-0.1, -0.05) is 28.1 Å².